The van der Waals surface area contributed by atoms with Gasteiger partial charge in [-0.25, -0.2) is 9.80 Å². The van der Waals surface area contributed by atoms with E-state index < -0.39 is 17.5 Å². The molecule has 1 N–H and O–H groups in total. The third-order valence-corrected chi connectivity index (χ3v) is 4.76. The number of carbonyl (C=O) groups excluding carboxylic acids is 3. The van der Waals surface area contributed by atoms with Crippen LogP contribution in [-0.2, 0) is 14.3 Å². The lowest BCUT2D eigenvalue weighted by molar-refractivity contribution is -0.138. The van der Waals surface area contributed by atoms with Crippen LogP contribution in [0.4, 0.5) is 4.79 Å². The highest BCUT2D eigenvalue weighted by molar-refractivity contribution is 6.09. The molecule has 0 aliphatic carbocycles. The molecule has 1 aromatic rings. The van der Waals surface area contributed by atoms with Crippen LogP contribution in [0.3, 0.4) is 0 Å². The highest BCUT2D eigenvalue weighted by Crippen LogP contribution is 2.27. The first kappa shape index (κ1) is 15.8. The second kappa shape index (κ2) is 5.96. The lowest BCUT2D eigenvalue weighted by Crippen LogP contribution is -2.48. The summed E-state index contributed by atoms with van der Waals surface area (Å²) in [5.74, 6) is -0.764. The Kier molecular flexibility index (Phi) is 3.76. The number of carbonyl (C=O) groups is 3. The normalized spacial score (nSPS) is 25.7. The number of hydrogen-bond donors (Lipinski definition) is 1. The molecule has 1 spiro atoms. The van der Waals surface area contributed by atoms with Gasteiger partial charge in [-0.1, -0.05) is 30.3 Å². The molecule has 130 valence electrons. The number of hydrogen-bond acceptors (Lipinski definition) is 5. The zero-order chi connectivity index (χ0) is 17.4. The van der Waals surface area contributed by atoms with Gasteiger partial charge in [0.1, 0.15) is 12.1 Å². The Balaban J connectivity index is 1.45. The topological polar surface area (TPSA) is 91.3 Å². The number of nitrogens with zero attached hydrogens (tertiary/aromatic N) is 3. The van der Waals surface area contributed by atoms with Crippen molar-refractivity contribution >= 4 is 23.6 Å². The van der Waals surface area contributed by atoms with Gasteiger partial charge in [-0.15, -0.1) is 0 Å². The van der Waals surface area contributed by atoms with Gasteiger partial charge in [-0.05, 0) is 5.56 Å². The zero-order valence-electron chi connectivity index (χ0n) is 13.6. The molecule has 8 nitrogen and oxygen atoms in total. The van der Waals surface area contributed by atoms with Crippen LogP contribution in [0.15, 0.2) is 35.4 Å². The summed E-state index contributed by atoms with van der Waals surface area (Å²) in [6.45, 7) is 0.714. The van der Waals surface area contributed by atoms with E-state index in [4.69, 9.17) is 4.74 Å². The third-order valence-electron chi connectivity index (χ3n) is 4.76. The van der Waals surface area contributed by atoms with Crippen LogP contribution in [0.1, 0.15) is 18.4 Å². The van der Waals surface area contributed by atoms with Gasteiger partial charge in [0, 0.05) is 19.4 Å². The molecule has 1 unspecified atom stereocenters. The first-order valence-corrected chi connectivity index (χ1v) is 8.24. The minimum atomic E-state index is -0.999. The second-order valence-corrected chi connectivity index (χ2v) is 6.39. The summed E-state index contributed by atoms with van der Waals surface area (Å²) in [5.41, 5.74) is 0.794. The first-order chi connectivity index (χ1) is 12.1. The van der Waals surface area contributed by atoms with Crippen LogP contribution >= 0.6 is 0 Å². The van der Waals surface area contributed by atoms with E-state index in [0.717, 1.165) is 16.2 Å². The average molecular weight is 342 g/mol. The van der Waals surface area contributed by atoms with Gasteiger partial charge < -0.3 is 10.1 Å². The average Bonchev–Trinajstić information content (AvgIpc) is 3.33. The number of amides is 4. The number of nitrogens with one attached hydrogen (secondary N) is 1. The number of imide groups is 1. The Labute approximate surface area is 144 Å². The predicted molar refractivity (Wildman–Crippen MR) is 87.7 cm³/mol. The van der Waals surface area contributed by atoms with E-state index in [1.165, 1.54) is 5.01 Å². The number of hydrazone groups is 1. The SMILES string of the molecule is O=C(CN1C(=O)NC2(CCOC2)C1=O)N1CCC(c2ccccc2)=N1. The highest BCUT2D eigenvalue weighted by Gasteiger charge is 2.54. The molecule has 0 saturated carbocycles. The van der Waals surface area contributed by atoms with Crippen molar-refractivity contribution in [3.8, 4) is 0 Å². The summed E-state index contributed by atoms with van der Waals surface area (Å²) in [6, 6.07) is 9.08. The van der Waals surface area contributed by atoms with Crippen LogP contribution < -0.4 is 5.32 Å². The monoisotopic (exact) mass is 342 g/mol. The van der Waals surface area contributed by atoms with E-state index in [1.807, 2.05) is 30.3 Å². The molecular weight excluding hydrogens is 324 g/mol. The van der Waals surface area contributed by atoms with Crippen LogP contribution in [0.25, 0.3) is 0 Å². The Hall–Kier alpha value is -2.74. The van der Waals surface area contributed by atoms with Crippen molar-refractivity contribution in [3.05, 3.63) is 35.9 Å². The highest BCUT2D eigenvalue weighted by atomic mass is 16.5. The molecule has 25 heavy (non-hydrogen) atoms. The number of benzene rings is 1. The van der Waals surface area contributed by atoms with Gasteiger partial charge in [0.05, 0.1) is 18.9 Å². The maximum Gasteiger partial charge on any atom is 0.325 e. The summed E-state index contributed by atoms with van der Waals surface area (Å²) in [4.78, 5) is 38.1. The van der Waals surface area contributed by atoms with Crippen molar-refractivity contribution in [2.45, 2.75) is 18.4 Å². The van der Waals surface area contributed by atoms with Gasteiger partial charge in [0.25, 0.3) is 11.8 Å². The smallest absolute Gasteiger partial charge is 0.325 e. The van der Waals surface area contributed by atoms with Gasteiger partial charge in [-0.2, -0.15) is 5.10 Å². The van der Waals surface area contributed by atoms with Crippen molar-refractivity contribution in [1.82, 2.24) is 15.2 Å². The maximum atomic E-state index is 12.5. The zero-order valence-corrected chi connectivity index (χ0v) is 13.6. The third kappa shape index (κ3) is 2.68. The molecule has 0 radical (unpaired) electrons. The Bertz CT molecular complexity index is 755. The Morgan fingerprint density at radius 3 is 2.80 bits per heavy atom. The van der Waals surface area contributed by atoms with Crippen LogP contribution in [0, 0.1) is 0 Å². The van der Waals surface area contributed by atoms with E-state index in [0.29, 0.717) is 26.0 Å². The fraction of sp³-hybridized carbons (Fsp3) is 0.412. The van der Waals surface area contributed by atoms with Crippen LogP contribution in [0.5, 0.6) is 0 Å². The van der Waals surface area contributed by atoms with Crippen molar-refractivity contribution in [3.63, 3.8) is 0 Å². The molecule has 2 fully saturated rings. The fourth-order valence-corrected chi connectivity index (χ4v) is 3.34. The summed E-state index contributed by atoms with van der Waals surface area (Å²) in [6.07, 6.45) is 1.08. The molecule has 2 saturated heterocycles. The minimum absolute atomic E-state index is 0.155. The molecule has 3 aliphatic heterocycles. The molecule has 1 aromatic carbocycles. The molecule has 3 aliphatic rings. The van der Waals surface area contributed by atoms with Gasteiger partial charge in [-0.3, -0.25) is 14.5 Å². The van der Waals surface area contributed by atoms with E-state index in [2.05, 4.69) is 10.4 Å². The molecule has 4 rings (SSSR count). The number of ether oxygens (including phenoxy) is 1. The van der Waals surface area contributed by atoms with E-state index in [1.54, 1.807) is 0 Å². The molecule has 0 aromatic heterocycles. The lowest BCUT2D eigenvalue weighted by atomic mass is 9.99. The van der Waals surface area contributed by atoms with Gasteiger partial charge in [0.2, 0.25) is 0 Å². The molecule has 1 atom stereocenters. The number of urea groups is 1. The summed E-state index contributed by atoms with van der Waals surface area (Å²) >= 11 is 0. The van der Waals surface area contributed by atoms with Gasteiger partial charge in [0.15, 0.2) is 0 Å². The number of rotatable bonds is 3. The lowest BCUT2D eigenvalue weighted by Gasteiger charge is -2.19. The standard InChI is InChI=1S/C17H18N4O4/c22-14(21-8-6-13(19-21)12-4-2-1-3-5-12)10-20-15(23)17(18-16(20)24)7-9-25-11-17/h1-5H,6-11H2,(H,18,24). The molecular formula is C17H18N4O4. The molecule has 0 bridgehead atoms. The molecule has 3 heterocycles. The minimum Gasteiger partial charge on any atom is -0.378 e. The summed E-state index contributed by atoms with van der Waals surface area (Å²) in [5, 5.41) is 8.34. The van der Waals surface area contributed by atoms with Crippen LogP contribution in [-0.4, -0.2) is 65.3 Å². The van der Waals surface area contributed by atoms with Crippen molar-refractivity contribution in [2.75, 3.05) is 26.3 Å². The van der Waals surface area contributed by atoms with Crippen molar-refractivity contribution in [2.24, 2.45) is 5.10 Å². The van der Waals surface area contributed by atoms with E-state index in [-0.39, 0.29) is 19.1 Å². The maximum absolute atomic E-state index is 12.5. The van der Waals surface area contributed by atoms with Crippen LogP contribution in [0.2, 0.25) is 0 Å². The predicted octanol–water partition coefficient (Wildman–Crippen LogP) is 0.334. The summed E-state index contributed by atoms with van der Waals surface area (Å²) < 4.78 is 5.24. The van der Waals surface area contributed by atoms with Crippen molar-refractivity contribution in [1.29, 1.82) is 0 Å². The molecule has 8 heteroatoms. The fourth-order valence-electron chi connectivity index (χ4n) is 3.34. The van der Waals surface area contributed by atoms with Gasteiger partial charge >= 0.3 is 6.03 Å². The Morgan fingerprint density at radius 1 is 1.28 bits per heavy atom. The summed E-state index contributed by atoms with van der Waals surface area (Å²) in [7, 11) is 0. The largest absolute Gasteiger partial charge is 0.378 e. The first-order valence-electron chi connectivity index (χ1n) is 8.24. The molecule has 4 amide bonds. The van der Waals surface area contributed by atoms with E-state index >= 15 is 0 Å². The van der Waals surface area contributed by atoms with Crippen molar-refractivity contribution < 1.29 is 19.1 Å². The Morgan fingerprint density at radius 2 is 2.08 bits per heavy atom. The second-order valence-electron chi connectivity index (χ2n) is 6.39. The van der Waals surface area contributed by atoms with E-state index in [9.17, 15) is 14.4 Å². The quantitative estimate of drug-likeness (QED) is 0.802.